The first-order chi connectivity index (χ1) is 8.27. The maximum atomic E-state index is 10.3. The normalized spacial score (nSPS) is 10.2. The van der Waals surface area contributed by atoms with Gasteiger partial charge in [0.15, 0.2) is 0 Å². The van der Waals surface area contributed by atoms with E-state index in [-0.39, 0.29) is 5.75 Å². The highest BCUT2D eigenvalue weighted by molar-refractivity contribution is 7.98. The Morgan fingerprint density at radius 3 is 2.35 bits per heavy atom. The molecule has 0 atom stereocenters. The third-order valence-corrected chi connectivity index (χ3v) is 3.41. The summed E-state index contributed by atoms with van der Waals surface area (Å²) >= 11 is 1.48. The highest BCUT2D eigenvalue weighted by atomic mass is 32.2. The van der Waals surface area contributed by atoms with Gasteiger partial charge in [0.2, 0.25) is 0 Å². The molecule has 0 aliphatic carbocycles. The van der Waals surface area contributed by atoms with Gasteiger partial charge in [-0.1, -0.05) is 30.3 Å². The van der Waals surface area contributed by atoms with E-state index in [4.69, 9.17) is 4.74 Å². The molecule has 0 aromatic heterocycles. The first-order valence-corrected chi connectivity index (χ1v) is 6.49. The van der Waals surface area contributed by atoms with Crippen molar-refractivity contribution in [2.75, 3.05) is 13.4 Å². The van der Waals surface area contributed by atoms with Crippen LogP contribution in [0.25, 0.3) is 11.1 Å². The molecule has 0 aliphatic heterocycles. The quantitative estimate of drug-likeness (QED) is 0.835. The smallest absolute Gasteiger partial charge is 0.140 e. The molecule has 0 saturated heterocycles. The van der Waals surface area contributed by atoms with Gasteiger partial charge in [-0.3, -0.25) is 0 Å². The second-order valence-electron chi connectivity index (χ2n) is 3.56. The molecule has 1 N–H and O–H groups in total. The van der Waals surface area contributed by atoms with Gasteiger partial charge < -0.3 is 9.84 Å². The summed E-state index contributed by atoms with van der Waals surface area (Å²) in [6.45, 7) is 0. The van der Waals surface area contributed by atoms with Crippen LogP contribution in [0.3, 0.4) is 0 Å². The van der Waals surface area contributed by atoms with E-state index >= 15 is 0 Å². The lowest BCUT2D eigenvalue weighted by atomic mass is 10.0. The van der Waals surface area contributed by atoms with Gasteiger partial charge in [0.25, 0.3) is 0 Å². The fraction of sp³-hybridized carbons (Fsp3) is 0.143. The average Bonchev–Trinajstić information content (AvgIpc) is 2.39. The Morgan fingerprint density at radius 2 is 1.76 bits per heavy atom. The molecule has 2 aromatic rings. The molecule has 0 heterocycles. The lowest BCUT2D eigenvalue weighted by Gasteiger charge is -2.12. The molecule has 88 valence electrons. The maximum Gasteiger partial charge on any atom is 0.140 e. The molecular formula is C14H14O2S. The van der Waals surface area contributed by atoms with Crippen molar-refractivity contribution in [3.63, 3.8) is 0 Å². The summed E-state index contributed by atoms with van der Waals surface area (Å²) < 4.78 is 5.23. The van der Waals surface area contributed by atoms with Crippen molar-refractivity contribution < 1.29 is 9.84 Å². The van der Waals surface area contributed by atoms with Crippen molar-refractivity contribution in [2.45, 2.75) is 4.90 Å². The van der Waals surface area contributed by atoms with Gasteiger partial charge in [-0.05, 0) is 24.0 Å². The molecule has 0 saturated carbocycles. The standard InChI is InChI=1S/C14H14O2S/c1-16-12-9-8-11(13(15)14(12)17-2)10-6-4-3-5-7-10/h3-9,15H,1-2H3. The minimum Gasteiger partial charge on any atom is -0.506 e. The monoisotopic (exact) mass is 246 g/mol. The van der Waals surface area contributed by atoms with Crippen LogP contribution in [0.15, 0.2) is 47.4 Å². The third kappa shape index (κ3) is 2.24. The van der Waals surface area contributed by atoms with Crippen molar-refractivity contribution in [3.8, 4) is 22.6 Å². The van der Waals surface area contributed by atoms with Gasteiger partial charge in [0, 0.05) is 5.56 Å². The highest BCUT2D eigenvalue weighted by Gasteiger charge is 2.13. The summed E-state index contributed by atoms with van der Waals surface area (Å²) in [6, 6.07) is 13.6. The predicted molar refractivity (Wildman–Crippen MR) is 71.9 cm³/mol. The number of hydrogen-bond acceptors (Lipinski definition) is 3. The average molecular weight is 246 g/mol. The van der Waals surface area contributed by atoms with Crippen LogP contribution in [0.1, 0.15) is 0 Å². The first-order valence-electron chi connectivity index (χ1n) is 5.27. The van der Waals surface area contributed by atoms with E-state index in [1.54, 1.807) is 7.11 Å². The second kappa shape index (κ2) is 5.15. The van der Waals surface area contributed by atoms with Crippen LogP contribution in [0.4, 0.5) is 0 Å². The van der Waals surface area contributed by atoms with Crippen LogP contribution in [-0.4, -0.2) is 18.5 Å². The number of rotatable bonds is 3. The minimum absolute atomic E-state index is 0.281. The fourth-order valence-corrected chi connectivity index (χ4v) is 2.42. The highest BCUT2D eigenvalue weighted by Crippen LogP contribution is 2.42. The number of aromatic hydroxyl groups is 1. The third-order valence-electron chi connectivity index (χ3n) is 2.60. The van der Waals surface area contributed by atoms with Crippen LogP contribution in [0.5, 0.6) is 11.5 Å². The lowest BCUT2D eigenvalue weighted by molar-refractivity contribution is 0.392. The van der Waals surface area contributed by atoms with Crippen molar-refractivity contribution >= 4 is 11.8 Å². The summed E-state index contributed by atoms with van der Waals surface area (Å²) in [5.74, 6) is 0.984. The van der Waals surface area contributed by atoms with Crippen LogP contribution >= 0.6 is 11.8 Å². The molecule has 2 rings (SSSR count). The molecule has 0 amide bonds. The van der Waals surface area contributed by atoms with Crippen molar-refractivity contribution in [1.82, 2.24) is 0 Å². The van der Waals surface area contributed by atoms with Crippen molar-refractivity contribution in [1.29, 1.82) is 0 Å². The first kappa shape index (κ1) is 11.9. The number of thioether (sulfide) groups is 1. The van der Waals surface area contributed by atoms with Crippen LogP contribution in [-0.2, 0) is 0 Å². The van der Waals surface area contributed by atoms with E-state index in [1.807, 2.05) is 48.7 Å². The molecule has 2 aromatic carbocycles. The SMILES string of the molecule is COc1ccc(-c2ccccc2)c(O)c1SC. The Labute approximate surface area is 105 Å². The van der Waals surface area contributed by atoms with E-state index in [2.05, 4.69) is 0 Å². The number of phenols is 1. The molecule has 0 aliphatic rings. The van der Waals surface area contributed by atoms with E-state index < -0.39 is 0 Å². The van der Waals surface area contributed by atoms with Crippen LogP contribution < -0.4 is 4.74 Å². The maximum absolute atomic E-state index is 10.3. The summed E-state index contributed by atoms with van der Waals surface area (Å²) in [5.41, 5.74) is 1.83. The fourth-order valence-electron chi connectivity index (χ4n) is 1.76. The van der Waals surface area contributed by atoms with E-state index in [0.29, 0.717) is 5.75 Å². The van der Waals surface area contributed by atoms with Crippen LogP contribution in [0, 0.1) is 0 Å². The molecule has 3 heteroatoms. The van der Waals surface area contributed by atoms with Gasteiger partial charge in [0.05, 0.1) is 12.0 Å². The topological polar surface area (TPSA) is 29.5 Å². The Bertz CT molecular complexity index is 509. The van der Waals surface area contributed by atoms with Gasteiger partial charge in [0.1, 0.15) is 11.5 Å². The van der Waals surface area contributed by atoms with Gasteiger partial charge >= 0.3 is 0 Å². The number of hydrogen-bond donors (Lipinski definition) is 1. The zero-order chi connectivity index (χ0) is 12.3. The van der Waals surface area contributed by atoms with E-state index in [9.17, 15) is 5.11 Å². The van der Waals surface area contributed by atoms with Crippen molar-refractivity contribution in [2.24, 2.45) is 0 Å². The molecule has 0 spiro atoms. The molecular weight excluding hydrogens is 232 g/mol. The van der Waals surface area contributed by atoms with Gasteiger partial charge in [-0.2, -0.15) is 0 Å². The molecule has 0 radical (unpaired) electrons. The second-order valence-corrected chi connectivity index (χ2v) is 4.38. The number of phenolic OH excluding ortho intramolecular Hbond substituents is 1. The van der Waals surface area contributed by atoms with Gasteiger partial charge in [-0.15, -0.1) is 11.8 Å². The van der Waals surface area contributed by atoms with E-state index in [1.165, 1.54) is 11.8 Å². The molecule has 2 nitrogen and oxygen atoms in total. The molecule has 0 fully saturated rings. The molecule has 0 unspecified atom stereocenters. The summed E-state index contributed by atoms with van der Waals surface area (Å²) in [7, 11) is 1.61. The zero-order valence-electron chi connectivity index (χ0n) is 9.81. The Hall–Kier alpha value is -1.61. The lowest BCUT2D eigenvalue weighted by Crippen LogP contribution is -1.88. The largest absolute Gasteiger partial charge is 0.506 e. The summed E-state index contributed by atoms with van der Waals surface area (Å²) in [5, 5.41) is 10.3. The Kier molecular flexibility index (Phi) is 3.59. The zero-order valence-corrected chi connectivity index (χ0v) is 10.6. The summed E-state index contributed by atoms with van der Waals surface area (Å²) in [6.07, 6.45) is 1.92. The van der Waals surface area contributed by atoms with Crippen molar-refractivity contribution in [3.05, 3.63) is 42.5 Å². The number of methoxy groups -OCH3 is 1. The minimum atomic E-state index is 0.281. The Balaban J connectivity index is 2.57. The number of benzene rings is 2. The summed E-state index contributed by atoms with van der Waals surface area (Å²) in [4.78, 5) is 0.772. The van der Waals surface area contributed by atoms with Gasteiger partial charge in [-0.25, -0.2) is 0 Å². The number of ether oxygens (including phenoxy) is 1. The molecule has 0 bridgehead atoms. The molecule has 17 heavy (non-hydrogen) atoms. The Morgan fingerprint density at radius 1 is 1.06 bits per heavy atom. The van der Waals surface area contributed by atoms with E-state index in [0.717, 1.165) is 16.0 Å². The van der Waals surface area contributed by atoms with Crippen LogP contribution in [0.2, 0.25) is 0 Å². The predicted octanol–water partition coefficient (Wildman–Crippen LogP) is 3.79.